The molecule has 0 heterocycles. The monoisotopic (exact) mass is 412 g/mol. The SMILES string of the molecule is CCCCCCCCCCCC(=O)OCC(C)(C)C(OC(=O)CCCC)C(C)C. The normalized spacial score (nSPS) is 12.8. The molecule has 1 atom stereocenters. The molecule has 4 heteroatoms. The summed E-state index contributed by atoms with van der Waals surface area (Å²) in [4.78, 5) is 24.2. The highest BCUT2D eigenvalue weighted by molar-refractivity contribution is 5.70. The van der Waals surface area contributed by atoms with Gasteiger partial charge in [-0.25, -0.2) is 0 Å². The molecule has 4 nitrogen and oxygen atoms in total. The van der Waals surface area contributed by atoms with Crippen molar-refractivity contribution in [3.05, 3.63) is 0 Å². The van der Waals surface area contributed by atoms with Gasteiger partial charge in [-0.2, -0.15) is 0 Å². The molecule has 0 aromatic rings. The molecule has 172 valence electrons. The maximum Gasteiger partial charge on any atom is 0.306 e. The summed E-state index contributed by atoms with van der Waals surface area (Å²) in [6, 6.07) is 0. The minimum atomic E-state index is -0.399. The summed E-state index contributed by atoms with van der Waals surface area (Å²) in [6.07, 6.45) is 13.6. The number of carbonyl (C=O) groups is 2. The first kappa shape index (κ1) is 27.9. The molecule has 0 saturated carbocycles. The van der Waals surface area contributed by atoms with E-state index in [4.69, 9.17) is 9.47 Å². The summed E-state index contributed by atoms with van der Waals surface area (Å²) >= 11 is 0. The van der Waals surface area contributed by atoms with Crippen molar-refractivity contribution in [2.45, 2.75) is 131 Å². The van der Waals surface area contributed by atoms with Gasteiger partial charge < -0.3 is 9.47 Å². The van der Waals surface area contributed by atoms with Crippen LogP contribution < -0.4 is 0 Å². The van der Waals surface area contributed by atoms with E-state index in [0.29, 0.717) is 12.8 Å². The Labute approximate surface area is 180 Å². The van der Waals surface area contributed by atoms with Crippen molar-refractivity contribution in [2.75, 3.05) is 6.61 Å². The minimum Gasteiger partial charge on any atom is -0.465 e. The van der Waals surface area contributed by atoms with Crippen molar-refractivity contribution in [3.8, 4) is 0 Å². The molecule has 0 saturated heterocycles. The lowest BCUT2D eigenvalue weighted by Crippen LogP contribution is -2.41. The van der Waals surface area contributed by atoms with Crippen LogP contribution in [0, 0.1) is 11.3 Å². The fourth-order valence-electron chi connectivity index (χ4n) is 3.72. The van der Waals surface area contributed by atoms with Gasteiger partial charge >= 0.3 is 11.9 Å². The Bertz CT molecular complexity index is 429. The first-order valence-electron chi connectivity index (χ1n) is 12.1. The lowest BCUT2D eigenvalue weighted by Gasteiger charge is -2.36. The molecule has 0 amide bonds. The molecule has 0 spiro atoms. The van der Waals surface area contributed by atoms with Crippen molar-refractivity contribution >= 4 is 11.9 Å². The zero-order chi connectivity index (χ0) is 22.1. The van der Waals surface area contributed by atoms with Crippen LogP contribution in [0.15, 0.2) is 0 Å². The number of unbranched alkanes of at least 4 members (excludes halogenated alkanes) is 9. The molecule has 0 fully saturated rings. The summed E-state index contributed by atoms with van der Waals surface area (Å²) in [5.74, 6) is -0.118. The maximum absolute atomic E-state index is 12.1. The fraction of sp³-hybridized carbons (Fsp3) is 0.920. The van der Waals surface area contributed by atoms with E-state index >= 15 is 0 Å². The number of hydrogen-bond donors (Lipinski definition) is 0. The molecule has 0 aromatic heterocycles. The standard InChI is InChI=1S/C25H48O4/c1-7-9-11-12-13-14-15-16-17-19-22(26)28-20-25(5,6)24(21(3)4)29-23(27)18-10-8-2/h21,24H,7-20H2,1-6H3. The quantitative estimate of drug-likeness (QED) is 0.176. The Hall–Kier alpha value is -1.06. The van der Waals surface area contributed by atoms with Gasteiger partial charge in [0.2, 0.25) is 0 Å². The minimum absolute atomic E-state index is 0.138. The number of ether oxygens (including phenoxy) is 2. The zero-order valence-corrected chi connectivity index (χ0v) is 20.2. The Morgan fingerprint density at radius 1 is 0.724 bits per heavy atom. The number of rotatable bonds is 18. The van der Waals surface area contributed by atoms with Gasteiger partial charge in [0.05, 0.1) is 6.61 Å². The van der Waals surface area contributed by atoms with Crippen LogP contribution in [0.2, 0.25) is 0 Å². The molecule has 0 aliphatic carbocycles. The number of hydrogen-bond acceptors (Lipinski definition) is 4. The summed E-state index contributed by atoms with van der Waals surface area (Å²) in [7, 11) is 0. The van der Waals surface area contributed by atoms with Crippen LogP contribution in [0.5, 0.6) is 0 Å². The van der Waals surface area contributed by atoms with Crippen molar-refractivity contribution in [1.82, 2.24) is 0 Å². The van der Waals surface area contributed by atoms with Gasteiger partial charge in [-0.05, 0) is 18.8 Å². The molecule has 0 radical (unpaired) electrons. The van der Waals surface area contributed by atoms with Crippen LogP contribution >= 0.6 is 0 Å². The Balaban J connectivity index is 4.11. The van der Waals surface area contributed by atoms with E-state index in [1.807, 2.05) is 27.7 Å². The summed E-state index contributed by atoms with van der Waals surface area (Å²) in [5.41, 5.74) is -0.399. The molecule has 0 aliphatic rings. The Morgan fingerprint density at radius 3 is 1.72 bits per heavy atom. The fourth-order valence-corrected chi connectivity index (χ4v) is 3.72. The van der Waals surface area contributed by atoms with Gasteiger partial charge in [0.15, 0.2) is 0 Å². The molecule has 0 rings (SSSR count). The van der Waals surface area contributed by atoms with Crippen molar-refractivity contribution in [3.63, 3.8) is 0 Å². The predicted octanol–water partition coefficient (Wildman–Crippen LogP) is 7.23. The van der Waals surface area contributed by atoms with E-state index in [1.54, 1.807) is 0 Å². The van der Waals surface area contributed by atoms with Crippen molar-refractivity contribution < 1.29 is 19.1 Å². The molecule has 0 aliphatic heterocycles. The van der Waals surface area contributed by atoms with Gasteiger partial charge in [-0.15, -0.1) is 0 Å². The molecule has 0 bridgehead atoms. The van der Waals surface area contributed by atoms with Gasteiger partial charge in [0.1, 0.15) is 6.10 Å². The molecule has 1 unspecified atom stereocenters. The highest BCUT2D eigenvalue weighted by Crippen LogP contribution is 2.30. The maximum atomic E-state index is 12.1. The Morgan fingerprint density at radius 2 is 1.21 bits per heavy atom. The smallest absolute Gasteiger partial charge is 0.306 e. The largest absolute Gasteiger partial charge is 0.465 e. The van der Waals surface area contributed by atoms with Crippen LogP contribution in [0.4, 0.5) is 0 Å². The third kappa shape index (κ3) is 14.5. The molecule has 0 N–H and O–H groups in total. The lowest BCUT2D eigenvalue weighted by molar-refractivity contribution is -0.165. The van der Waals surface area contributed by atoms with E-state index < -0.39 is 5.41 Å². The van der Waals surface area contributed by atoms with E-state index in [1.165, 1.54) is 44.9 Å². The van der Waals surface area contributed by atoms with E-state index in [9.17, 15) is 9.59 Å². The topological polar surface area (TPSA) is 52.6 Å². The average Bonchev–Trinajstić information content (AvgIpc) is 2.67. The van der Waals surface area contributed by atoms with Crippen LogP contribution in [0.3, 0.4) is 0 Å². The zero-order valence-electron chi connectivity index (χ0n) is 20.2. The number of carbonyl (C=O) groups excluding carboxylic acids is 2. The highest BCUT2D eigenvalue weighted by Gasteiger charge is 2.36. The average molecular weight is 413 g/mol. The second-order valence-corrected chi connectivity index (χ2v) is 9.49. The number of esters is 2. The van der Waals surface area contributed by atoms with Crippen molar-refractivity contribution in [2.24, 2.45) is 11.3 Å². The highest BCUT2D eigenvalue weighted by atomic mass is 16.6. The Kier molecular flexibility index (Phi) is 16.1. The van der Waals surface area contributed by atoms with Gasteiger partial charge in [-0.1, -0.05) is 99.3 Å². The summed E-state index contributed by atoms with van der Waals surface area (Å²) in [5, 5.41) is 0. The van der Waals surface area contributed by atoms with E-state index in [2.05, 4.69) is 13.8 Å². The first-order chi connectivity index (χ1) is 13.7. The van der Waals surface area contributed by atoms with Gasteiger partial charge in [-0.3, -0.25) is 9.59 Å². The third-order valence-corrected chi connectivity index (χ3v) is 5.46. The van der Waals surface area contributed by atoms with Crippen LogP contribution in [-0.4, -0.2) is 24.6 Å². The molecular formula is C25H48O4. The van der Waals surface area contributed by atoms with E-state index in [-0.39, 0.29) is 30.6 Å². The first-order valence-corrected chi connectivity index (χ1v) is 12.1. The van der Waals surface area contributed by atoms with Crippen LogP contribution in [0.1, 0.15) is 125 Å². The van der Waals surface area contributed by atoms with Crippen LogP contribution in [0.25, 0.3) is 0 Å². The third-order valence-electron chi connectivity index (χ3n) is 5.46. The molecule has 0 aromatic carbocycles. The summed E-state index contributed by atoms with van der Waals surface area (Å²) < 4.78 is 11.3. The summed E-state index contributed by atoms with van der Waals surface area (Å²) in [6.45, 7) is 12.7. The molecular weight excluding hydrogens is 364 g/mol. The molecule has 29 heavy (non-hydrogen) atoms. The van der Waals surface area contributed by atoms with Gasteiger partial charge in [0.25, 0.3) is 0 Å². The lowest BCUT2D eigenvalue weighted by atomic mass is 9.81. The second-order valence-electron chi connectivity index (χ2n) is 9.49. The van der Waals surface area contributed by atoms with E-state index in [0.717, 1.165) is 25.7 Å². The van der Waals surface area contributed by atoms with Gasteiger partial charge in [0, 0.05) is 18.3 Å². The van der Waals surface area contributed by atoms with Crippen molar-refractivity contribution in [1.29, 1.82) is 0 Å². The van der Waals surface area contributed by atoms with Crippen LogP contribution in [-0.2, 0) is 19.1 Å². The second kappa shape index (κ2) is 16.7. The predicted molar refractivity (Wildman–Crippen MR) is 121 cm³/mol.